The Morgan fingerprint density at radius 2 is 1.90 bits per heavy atom. The quantitative estimate of drug-likeness (QED) is 0.783. The Morgan fingerprint density at radius 1 is 1.14 bits per heavy atom. The lowest BCUT2D eigenvalue weighted by Crippen LogP contribution is -2.39. The van der Waals surface area contributed by atoms with Gasteiger partial charge < -0.3 is 0 Å². The summed E-state index contributed by atoms with van der Waals surface area (Å²) in [5.74, 6) is 0. The molecule has 1 fully saturated rings. The molecule has 2 aliphatic rings. The Bertz CT molecular complexity index is 683. The van der Waals surface area contributed by atoms with Gasteiger partial charge in [-0.3, -0.25) is 0 Å². The molecule has 0 N–H and O–H groups in total. The number of rotatable bonds is 2. The molecule has 2 aliphatic heterocycles. The van der Waals surface area contributed by atoms with E-state index in [1.807, 2.05) is 6.08 Å². The van der Waals surface area contributed by atoms with Crippen LogP contribution >= 0.6 is 0 Å². The maximum absolute atomic E-state index is 12.4. The third kappa shape index (κ3) is 2.76. The highest BCUT2D eigenvalue weighted by Crippen LogP contribution is 2.39. The Balaban J connectivity index is 2.01. The summed E-state index contributed by atoms with van der Waals surface area (Å²) in [6, 6.07) is 8.79. The Hall–Kier alpha value is -0.873. The second-order valence-corrected chi connectivity index (χ2v) is 14.9. The molecule has 1 aromatic rings. The van der Waals surface area contributed by atoms with Crippen molar-refractivity contribution < 1.29 is 8.42 Å². The molecule has 2 bridgehead atoms. The van der Waals surface area contributed by atoms with Crippen molar-refractivity contribution in [1.82, 2.24) is 0 Å². The molecule has 0 saturated carbocycles. The lowest BCUT2D eigenvalue weighted by atomic mass is 9.93. The van der Waals surface area contributed by atoms with Gasteiger partial charge in [0.25, 0.3) is 0 Å². The smallest absolute Gasteiger partial charge is 0.159 e. The maximum atomic E-state index is 12.4. The lowest BCUT2D eigenvalue weighted by Gasteiger charge is -2.33. The SMILES string of the molecule is C[Si](C)(C)c1cccc(C2=CC3CCCC(C2)S3(=O)=O)c1. The van der Waals surface area contributed by atoms with Gasteiger partial charge in [0.05, 0.1) is 18.6 Å². The highest BCUT2D eigenvalue weighted by molar-refractivity contribution is 7.93. The standard InChI is InChI=1S/C17H24O2SSi/c1-21(2,3)17-9-4-6-13(12-17)14-10-15-7-5-8-16(11-14)20(15,18)19/h4,6,9-10,12,15-16H,5,7-8,11H2,1-3H3. The van der Waals surface area contributed by atoms with Crippen molar-refractivity contribution >= 4 is 28.7 Å². The molecule has 0 aliphatic carbocycles. The van der Waals surface area contributed by atoms with E-state index in [4.69, 9.17) is 0 Å². The average molecular weight is 321 g/mol. The second-order valence-electron chi connectivity index (χ2n) is 7.41. The van der Waals surface area contributed by atoms with Crippen LogP contribution in [0.5, 0.6) is 0 Å². The molecule has 0 spiro atoms. The van der Waals surface area contributed by atoms with Crippen LogP contribution in [0.15, 0.2) is 30.3 Å². The van der Waals surface area contributed by atoms with E-state index in [0.29, 0.717) is 6.42 Å². The molecule has 0 aromatic heterocycles. The highest BCUT2D eigenvalue weighted by atomic mass is 32.2. The van der Waals surface area contributed by atoms with Crippen molar-refractivity contribution in [2.75, 3.05) is 0 Å². The average Bonchev–Trinajstić information content (AvgIpc) is 2.36. The van der Waals surface area contributed by atoms with Crippen molar-refractivity contribution in [3.8, 4) is 0 Å². The molecule has 0 radical (unpaired) electrons. The summed E-state index contributed by atoms with van der Waals surface area (Å²) < 4.78 is 24.7. The van der Waals surface area contributed by atoms with Gasteiger partial charge in [-0.15, -0.1) is 0 Å². The zero-order valence-corrected chi connectivity index (χ0v) is 14.9. The predicted octanol–water partition coefficient (Wildman–Crippen LogP) is 3.35. The third-order valence-corrected chi connectivity index (χ3v) is 9.43. The van der Waals surface area contributed by atoms with E-state index in [-0.39, 0.29) is 10.5 Å². The van der Waals surface area contributed by atoms with Crippen LogP contribution in [0.2, 0.25) is 19.6 Å². The van der Waals surface area contributed by atoms with E-state index in [0.717, 1.165) is 19.3 Å². The second kappa shape index (κ2) is 5.09. The molecular weight excluding hydrogens is 296 g/mol. The lowest BCUT2D eigenvalue weighted by molar-refractivity contribution is 0.518. The van der Waals surface area contributed by atoms with Crippen molar-refractivity contribution in [3.05, 3.63) is 35.9 Å². The van der Waals surface area contributed by atoms with Crippen LogP contribution in [0.3, 0.4) is 0 Å². The summed E-state index contributed by atoms with van der Waals surface area (Å²) >= 11 is 0. The van der Waals surface area contributed by atoms with E-state index < -0.39 is 17.9 Å². The number of sulfone groups is 1. The number of benzene rings is 1. The fourth-order valence-corrected chi connectivity index (χ4v) is 6.89. The first-order valence-corrected chi connectivity index (χ1v) is 12.9. The van der Waals surface area contributed by atoms with Crippen LogP contribution in [-0.4, -0.2) is 27.0 Å². The van der Waals surface area contributed by atoms with Gasteiger partial charge in [-0.2, -0.15) is 0 Å². The number of hydrogen-bond donors (Lipinski definition) is 0. The zero-order valence-electron chi connectivity index (χ0n) is 13.1. The van der Waals surface area contributed by atoms with E-state index in [1.165, 1.54) is 16.3 Å². The van der Waals surface area contributed by atoms with Crippen molar-refractivity contribution in [2.24, 2.45) is 0 Å². The molecular formula is C17H24O2SSi. The molecule has 2 nitrogen and oxygen atoms in total. The van der Waals surface area contributed by atoms with Crippen molar-refractivity contribution in [1.29, 1.82) is 0 Å². The first-order chi connectivity index (χ1) is 9.78. The Morgan fingerprint density at radius 3 is 2.57 bits per heavy atom. The molecule has 2 unspecified atom stereocenters. The van der Waals surface area contributed by atoms with Crippen LogP contribution in [0.25, 0.3) is 5.57 Å². The topological polar surface area (TPSA) is 34.1 Å². The van der Waals surface area contributed by atoms with Crippen molar-refractivity contribution in [2.45, 2.75) is 55.8 Å². The molecule has 3 rings (SSSR count). The monoisotopic (exact) mass is 320 g/mol. The summed E-state index contributed by atoms with van der Waals surface area (Å²) in [7, 11) is -4.24. The van der Waals surface area contributed by atoms with E-state index in [1.54, 1.807) is 0 Å². The Labute approximate surface area is 129 Å². The molecule has 1 saturated heterocycles. The molecule has 114 valence electrons. The minimum atomic E-state index is -2.91. The zero-order chi connectivity index (χ0) is 15.3. The van der Waals surface area contributed by atoms with Gasteiger partial charge in [-0.25, -0.2) is 8.42 Å². The summed E-state index contributed by atoms with van der Waals surface area (Å²) in [6.07, 6.45) is 5.43. The largest absolute Gasteiger partial charge is 0.228 e. The van der Waals surface area contributed by atoms with E-state index in [9.17, 15) is 8.42 Å². The molecule has 2 heterocycles. The molecule has 0 amide bonds. The van der Waals surface area contributed by atoms with Crippen LogP contribution in [0.4, 0.5) is 0 Å². The predicted molar refractivity (Wildman–Crippen MR) is 92.4 cm³/mol. The van der Waals surface area contributed by atoms with Gasteiger partial charge in [0.2, 0.25) is 0 Å². The van der Waals surface area contributed by atoms with Gasteiger partial charge in [-0.05, 0) is 30.4 Å². The molecule has 4 heteroatoms. The summed E-state index contributed by atoms with van der Waals surface area (Å²) in [5.41, 5.74) is 2.49. The number of fused-ring (bicyclic) bond motifs is 2. The minimum Gasteiger partial charge on any atom is -0.228 e. The highest BCUT2D eigenvalue weighted by Gasteiger charge is 2.40. The summed E-state index contributed by atoms with van der Waals surface area (Å²) in [4.78, 5) is 0. The normalized spacial score (nSPS) is 28.0. The number of allylic oxidation sites excluding steroid dienone is 1. The van der Waals surface area contributed by atoms with E-state index in [2.05, 4.69) is 43.9 Å². The summed E-state index contributed by atoms with van der Waals surface area (Å²) in [5, 5.41) is 1.06. The van der Waals surface area contributed by atoms with Gasteiger partial charge in [0, 0.05) is 0 Å². The fraction of sp³-hybridized carbons (Fsp3) is 0.529. The van der Waals surface area contributed by atoms with Gasteiger partial charge in [0.1, 0.15) is 0 Å². The summed E-state index contributed by atoms with van der Waals surface area (Å²) in [6.45, 7) is 7.04. The van der Waals surface area contributed by atoms with E-state index >= 15 is 0 Å². The van der Waals surface area contributed by atoms with Gasteiger partial charge >= 0.3 is 0 Å². The van der Waals surface area contributed by atoms with Crippen LogP contribution in [0, 0.1) is 0 Å². The van der Waals surface area contributed by atoms with Crippen molar-refractivity contribution in [3.63, 3.8) is 0 Å². The van der Waals surface area contributed by atoms with Gasteiger partial charge in [-0.1, -0.05) is 61.6 Å². The maximum Gasteiger partial charge on any atom is 0.159 e. The fourth-order valence-electron chi connectivity index (χ4n) is 3.46. The Kier molecular flexibility index (Phi) is 3.65. The van der Waals surface area contributed by atoms with Crippen LogP contribution in [-0.2, 0) is 9.84 Å². The van der Waals surface area contributed by atoms with Crippen LogP contribution in [0.1, 0.15) is 31.2 Å². The molecule has 1 aromatic carbocycles. The first kappa shape index (κ1) is 15.0. The molecule has 21 heavy (non-hydrogen) atoms. The first-order valence-electron chi connectivity index (χ1n) is 7.83. The third-order valence-electron chi connectivity index (χ3n) is 4.84. The van der Waals surface area contributed by atoms with Gasteiger partial charge in [0.15, 0.2) is 9.84 Å². The molecule has 2 atom stereocenters. The number of hydrogen-bond acceptors (Lipinski definition) is 2. The minimum absolute atomic E-state index is 0.146. The van der Waals surface area contributed by atoms with Crippen LogP contribution < -0.4 is 5.19 Å².